The average molecular weight is 555 g/mol. The third-order valence-electron chi connectivity index (χ3n) is 6.01. The molecule has 3 rings (SSSR count). The number of nitrogens with one attached hydrogen (secondary N) is 1. The number of likely N-dealkylation sites (tertiary alicyclic amines) is 1. The van der Waals surface area contributed by atoms with Gasteiger partial charge in [0.2, 0.25) is 11.7 Å². The summed E-state index contributed by atoms with van der Waals surface area (Å²) in [7, 11) is 0. The number of carboxylic acid groups (broad SMARTS) is 1. The molecule has 1 atom stereocenters. The summed E-state index contributed by atoms with van der Waals surface area (Å²) in [4.78, 5) is 51.6. The minimum atomic E-state index is -1.52. The van der Waals surface area contributed by atoms with E-state index in [0.29, 0.717) is 43.3 Å². The first-order valence-electron chi connectivity index (χ1n) is 12.0. The van der Waals surface area contributed by atoms with Crippen molar-refractivity contribution in [2.24, 2.45) is 5.92 Å². The highest BCUT2D eigenvalue weighted by molar-refractivity contribution is 7.12. The number of halogens is 3. The van der Waals surface area contributed by atoms with Gasteiger partial charge in [0.1, 0.15) is 18.5 Å². The Morgan fingerprint density at radius 3 is 2.55 bits per heavy atom. The second-order valence-electron chi connectivity index (χ2n) is 8.67. The van der Waals surface area contributed by atoms with Gasteiger partial charge in [-0.15, -0.1) is 11.3 Å². The Kier molecular flexibility index (Phi) is 10.1. The van der Waals surface area contributed by atoms with Crippen LogP contribution in [0.5, 0.6) is 5.75 Å². The second-order valence-corrected chi connectivity index (χ2v) is 9.61. The standard InChI is InChI=1S/C26H27F3N2O6S.H2/c1-2-3-5-16-17(27)12-18(28)23(29)24(16)37-14-20(32)19(13-22(33)34)30-25(35)15-7-9-31(10-8-15)26(36)21-6-4-11-38-21;/h3-6,11-12,15,19H,2,7-10,13-14H2,1H3,(H,30,35)(H,33,34);1H/t19-;/m0./s1. The number of carbonyl (C=O) groups is 4. The van der Waals surface area contributed by atoms with E-state index in [9.17, 15) is 37.5 Å². The fourth-order valence-corrected chi connectivity index (χ4v) is 4.66. The smallest absolute Gasteiger partial charge is 0.305 e. The number of Topliss-reactive ketones (excluding diaryl/α,β-unsaturated/α-hetero) is 1. The van der Waals surface area contributed by atoms with E-state index in [1.165, 1.54) is 23.5 Å². The topological polar surface area (TPSA) is 113 Å². The third kappa shape index (κ3) is 7.21. The average Bonchev–Trinajstić information content (AvgIpc) is 3.43. The van der Waals surface area contributed by atoms with Gasteiger partial charge in [0, 0.05) is 26.5 Å². The summed E-state index contributed by atoms with van der Waals surface area (Å²) in [5, 5.41) is 13.4. The van der Waals surface area contributed by atoms with E-state index >= 15 is 0 Å². The van der Waals surface area contributed by atoms with Crippen LogP contribution in [0.1, 0.15) is 49.3 Å². The van der Waals surface area contributed by atoms with E-state index in [0.717, 1.165) is 0 Å². The van der Waals surface area contributed by atoms with Crippen LogP contribution in [-0.2, 0) is 14.4 Å². The number of piperidine rings is 1. The molecule has 0 aliphatic carbocycles. The normalized spacial score (nSPS) is 14.9. The predicted molar refractivity (Wildman–Crippen MR) is 135 cm³/mol. The highest BCUT2D eigenvalue weighted by atomic mass is 32.1. The first kappa shape index (κ1) is 28.9. The molecule has 0 saturated carbocycles. The zero-order chi connectivity index (χ0) is 27.8. The highest BCUT2D eigenvalue weighted by Gasteiger charge is 2.32. The van der Waals surface area contributed by atoms with Gasteiger partial charge >= 0.3 is 5.97 Å². The van der Waals surface area contributed by atoms with Gasteiger partial charge in [-0.05, 0) is 30.7 Å². The Labute approximate surface area is 222 Å². The van der Waals surface area contributed by atoms with Gasteiger partial charge in [0.25, 0.3) is 5.91 Å². The molecule has 1 saturated heterocycles. The maximum atomic E-state index is 14.4. The van der Waals surface area contributed by atoms with E-state index in [-0.39, 0.29) is 7.33 Å². The molecular formula is C26H29F3N2O6S. The van der Waals surface area contributed by atoms with Gasteiger partial charge < -0.3 is 20.1 Å². The summed E-state index contributed by atoms with van der Waals surface area (Å²) in [6, 6.07) is 2.32. The molecule has 1 aromatic carbocycles. The van der Waals surface area contributed by atoms with Gasteiger partial charge in [0.15, 0.2) is 17.3 Å². The van der Waals surface area contributed by atoms with Crippen LogP contribution in [0.25, 0.3) is 6.08 Å². The highest BCUT2D eigenvalue weighted by Crippen LogP contribution is 2.29. The molecule has 2 aromatic rings. The number of thiophene rings is 1. The summed E-state index contributed by atoms with van der Waals surface area (Å²) in [6.45, 7) is 1.43. The molecule has 1 fully saturated rings. The van der Waals surface area contributed by atoms with Crippen molar-refractivity contribution in [3.63, 3.8) is 0 Å². The molecule has 2 N–H and O–H groups in total. The molecule has 12 heteroatoms. The number of amides is 2. The van der Waals surface area contributed by atoms with E-state index in [4.69, 9.17) is 4.74 Å². The van der Waals surface area contributed by atoms with Crippen molar-refractivity contribution >= 4 is 41.0 Å². The minimum Gasteiger partial charge on any atom is -0.482 e. The summed E-state index contributed by atoms with van der Waals surface area (Å²) in [5.74, 6) is -8.51. The Morgan fingerprint density at radius 1 is 1.24 bits per heavy atom. The van der Waals surface area contributed by atoms with Gasteiger partial charge in [-0.1, -0.05) is 25.1 Å². The number of carbonyl (C=O) groups excluding carboxylic acids is 3. The Hall–Kier alpha value is -3.67. The van der Waals surface area contributed by atoms with Crippen LogP contribution in [0.15, 0.2) is 29.7 Å². The van der Waals surface area contributed by atoms with Gasteiger partial charge in [0.05, 0.1) is 16.9 Å². The third-order valence-corrected chi connectivity index (χ3v) is 6.87. The number of ether oxygens (including phenoxy) is 1. The second kappa shape index (κ2) is 13.2. The summed E-state index contributed by atoms with van der Waals surface area (Å²) < 4.78 is 47.5. The van der Waals surface area contributed by atoms with Crippen molar-refractivity contribution < 1.29 is 43.6 Å². The molecule has 2 heterocycles. The summed E-state index contributed by atoms with van der Waals surface area (Å²) >= 11 is 1.31. The lowest BCUT2D eigenvalue weighted by molar-refractivity contribution is -0.141. The van der Waals surface area contributed by atoms with Crippen molar-refractivity contribution in [2.45, 2.75) is 38.6 Å². The Bertz CT molecular complexity index is 1220. The van der Waals surface area contributed by atoms with Crippen LogP contribution in [0.3, 0.4) is 0 Å². The molecule has 1 aliphatic rings. The summed E-state index contributed by atoms with van der Waals surface area (Å²) in [5.41, 5.74) is -0.402. The predicted octanol–water partition coefficient (Wildman–Crippen LogP) is 4.29. The molecule has 2 amide bonds. The quantitative estimate of drug-likeness (QED) is 0.401. The van der Waals surface area contributed by atoms with Crippen molar-refractivity contribution in [3.8, 4) is 5.75 Å². The van der Waals surface area contributed by atoms with Crippen molar-refractivity contribution in [1.29, 1.82) is 0 Å². The van der Waals surface area contributed by atoms with Crippen LogP contribution in [0.2, 0.25) is 0 Å². The number of nitrogens with zero attached hydrogens (tertiary/aromatic N) is 1. The number of rotatable bonds is 11. The lowest BCUT2D eigenvalue weighted by Crippen LogP contribution is -2.49. The maximum Gasteiger partial charge on any atom is 0.305 e. The first-order chi connectivity index (χ1) is 18.1. The fraction of sp³-hybridized carbons (Fsp3) is 0.385. The molecule has 206 valence electrons. The zero-order valence-electron chi connectivity index (χ0n) is 20.5. The zero-order valence-corrected chi connectivity index (χ0v) is 21.4. The number of aliphatic carboxylic acids is 1. The minimum absolute atomic E-state index is 0. The van der Waals surface area contributed by atoms with Crippen LogP contribution in [-0.4, -0.2) is 59.3 Å². The van der Waals surface area contributed by atoms with Crippen LogP contribution < -0.4 is 10.1 Å². The lowest BCUT2D eigenvalue weighted by atomic mass is 9.95. The molecule has 0 bridgehead atoms. The monoisotopic (exact) mass is 554 g/mol. The molecule has 0 radical (unpaired) electrons. The van der Waals surface area contributed by atoms with E-state index in [1.807, 2.05) is 0 Å². The van der Waals surface area contributed by atoms with Crippen LogP contribution in [0, 0.1) is 23.4 Å². The molecule has 1 aromatic heterocycles. The van der Waals surface area contributed by atoms with Gasteiger partial charge in [-0.3, -0.25) is 19.2 Å². The van der Waals surface area contributed by atoms with Crippen molar-refractivity contribution in [3.05, 3.63) is 57.5 Å². The molecule has 1 aliphatic heterocycles. The maximum absolute atomic E-state index is 14.4. The van der Waals surface area contributed by atoms with Gasteiger partial charge in [-0.25, -0.2) is 8.78 Å². The van der Waals surface area contributed by atoms with E-state index in [2.05, 4.69) is 5.32 Å². The Morgan fingerprint density at radius 2 is 1.95 bits per heavy atom. The van der Waals surface area contributed by atoms with E-state index in [1.54, 1.807) is 29.3 Å². The van der Waals surface area contributed by atoms with Crippen molar-refractivity contribution in [1.82, 2.24) is 10.2 Å². The largest absolute Gasteiger partial charge is 0.482 e. The first-order valence-corrected chi connectivity index (χ1v) is 12.8. The van der Waals surface area contributed by atoms with Crippen LogP contribution >= 0.6 is 11.3 Å². The molecule has 38 heavy (non-hydrogen) atoms. The molecule has 8 nitrogen and oxygen atoms in total. The molecular weight excluding hydrogens is 525 g/mol. The number of hydrogen-bond donors (Lipinski definition) is 2. The van der Waals surface area contributed by atoms with Gasteiger partial charge in [-0.2, -0.15) is 4.39 Å². The number of allylic oxidation sites excluding steroid dienone is 1. The number of ketones is 1. The Balaban J connectivity index is 0.00000533. The SMILES string of the molecule is CCC=Cc1c(F)cc(F)c(F)c1OCC(=O)[C@H](CC(=O)O)NC(=O)C1CCN(C(=O)c2cccs2)CC1.[HH]. The molecule has 0 unspecified atom stereocenters. The molecule has 0 spiro atoms. The number of carboxylic acids is 1. The summed E-state index contributed by atoms with van der Waals surface area (Å²) in [6.07, 6.45) is 2.99. The van der Waals surface area contributed by atoms with Crippen molar-refractivity contribution in [2.75, 3.05) is 19.7 Å². The van der Waals surface area contributed by atoms with Crippen LogP contribution in [0.4, 0.5) is 13.2 Å². The fourth-order valence-electron chi connectivity index (χ4n) is 3.97. The number of hydrogen-bond acceptors (Lipinski definition) is 6. The number of benzene rings is 1. The van der Waals surface area contributed by atoms with E-state index < -0.39 is 71.4 Å². The lowest BCUT2D eigenvalue weighted by Gasteiger charge is -2.31.